The number of hydrogen-bond donors (Lipinski definition) is 0. The molecule has 6 heteroatoms. The Kier molecular flexibility index (Phi) is 4.98. The molecule has 146 valence electrons. The van der Waals surface area contributed by atoms with Gasteiger partial charge in [-0.1, -0.05) is 24.3 Å². The van der Waals surface area contributed by atoms with Gasteiger partial charge in [0.05, 0.1) is 10.2 Å². The standard InChI is InChI=1S/C22H25N3O2S/c1-15-6-4-5-7-18(15)14-25-19-12-16(2)28-21(19)13-20(25)22(27)24-10-8-23(9-11-24)17(3)26/h4-7,12-13H,8-11,14H2,1-3H3. The van der Waals surface area contributed by atoms with E-state index in [4.69, 9.17) is 0 Å². The molecule has 3 heterocycles. The van der Waals surface area contributed by atoms with Gasteiger partial charge < -0.3 is 14.4 Å². The number of benzene rings is 1. The van der Waals surface area contributed by atoms with Crippen LogP contribution in [0.3, 0.4) is 0 Å². The Balaban J connectivity index is 1.67. The van der Waals surface area contributed by atoms with Crippen molar-refractivity contribution in [2.24, 2.45) is 0 Å². The van der Waals surface area contributed by atoms with Crippen LogP contribution in [0.15, 0.2) is 36.4 Å². The topological polar surface area (TPSA) is 45.6 Å². The minimum atomic E-state index is 0.0536. The predicted molar refractivity (Wildman–Crippen MR) is 113 cm³/mol. The van der Waals surface area contributed by atoms with Gasteiger partial charge in [-0.15, -0.1) is 11.3 Å². The number of aromatic nitrogens is 1. The molecule has 1 aromatic carbocycles. The van der Waals surface area contributed by atoms with E-state index in [0.717, 1.165) is 15.9 Å². The van der Waals surface area contributed by atoms with Gasteiger partial charge in [-0.3, -0.25) is 9.59 Å². The maximum atomic E-state index is 13.3. The summed E-state index contributed by atoms with van der Waals surface area (Å²) >= 11 is 1.73. The van der Waals surface area contributed by atoms with Crippen LogP contribution in [0.25, 0.3) is 10.2 Å². The first-order chi connectivity index (χ1) is 13.4. The second-order valence-electron chi connectivity index (χ2n) is 7.45. The van der Waals surface area contributed by atoms with Gasteiger partial charge >= 0.3 is 0 Å². The molecular formula is C22H25N3O2S. The van der Waals surface area contributed by atoms with Crippen LogP contribution in [0.4, 0.5) is 0 Å². The Morgan fingerprint density at radius 3 is 2.36 bits per heavy atom. The minimum Gasteiger partial charge on any atom is -0.339 e. The predicted octanol–water partition coefficient (Wildman–Crippen LogP) is 3.67. The summed E-state index contributed by atoms with van der Waals surface area (Å²) in [7, 11) is 0. The SMILES string of the molecule is CC(=O)N1CCN(C(=O)c2cc3sc(C)cc3n2Cc2ccccc2C)CC1. The van der Waals surface area contributed by atoms with Gasteiger partial charge in [-0.25, -0.2) is 0 Å². The largest absolute Gasteiger partial charge is 0.339 e. The smallest absolute Gasteiger partial charge is 0.270 e. The van der Waals surface area contributed by atoms with Crippen molar-refractivity contribution in [2.45, 2.75) is 27.3 Å². The second kappa shape index (κ2) is 7.43. The fourth-order valence-electron chi connectivity index (χ4n) is 3.86. The number of piperazine rings is 1. The molecule has 0 atom stereocenters. The first kappa shape index (κ1) is 18.7. The van der Waals surface area contributed by atoms with Crippen LogP contribution in [0.2, 0.25) is 0 Å². The highest BCUT2D eigenvalue weighted by Crippen LogP contribution is 2.30. The molecule has 3 aromatic rings. The maximum Gasteiger partial charge on any atom is 0.270 e. The fraction of sp³-hybridized carbons (Fsp3) is 0.364. The van der Waals surface area contributed by atoms with Crippen molar-refractivity contribution in [3.05, 3.63) is 58.1 Å². The molecule has 5 nitrogen and oxygen atoms in total. The summed E-state index contributed by atoms with van der Waals surface area (Å²) in [4.78, 5) is 29.8. The van der Waals surface area contributed by atoms with E-state index in [2.05, 4.69) is 36.6 Å². The molecular weight excluding hydrogens is 370 g/mol. The molecule has 0 spiro atoms. The summed E-state index contributed by atoms with van der Waals surface area (Å²) in [5.74, 6) is 0.129. The summed E-state index contributed by atoms with van der Waals surface area (Å²) in [5.41, 5.74) is 4.31. The van der Waals surface area contributed by atoms with Gasteiger partial charge in [0.15, 0.2) is 0 Å². The highest BCUT2D eigenvalue weighted by atomic mass is 32.1. The van der Waals surface area contributed by atoms with Gasteiger partial charge in [0.2, 0.25) is 5.91 Å². The summed E-state index contributed by atoms with van der Waals surface area (Å²) < 4.78 is 3.30. The van der Waals surface area contributed by atoms with Crippen LogP contribution in [-0.2, 0) is 11.3 Å². The van der Waals surface area contributed by atoms with Crippen LogP contribution in [0.1, 0.15) is 33.4 Å². The van der Waals surface area contributed by atoms with Gasteiger partial charge in [-0.05, 0) is 37.1 Å². The Morgan fingerprint density at radius 1 is 1.00 bits per heavy atom. The zero-order valence-electron chi connectivity index (χ0n) is 16.6. The zero-order valence-corrected chi connectivity index (χ0v) is 17.4. The lowest BCUT2D eigenvalue weighted by Crippen LogP contribution is -2.50. The number of aryl methyl sites for hydroxylation is 2. The molecule has 0 saturated carbocycles. The number of nitrogens with zero attached hydrogens (tertiary/aromatic N) is 3. The Morgan fingerprint density at radius 2 is 1.68 bits per heavy atom. The summed E-state index contributed by atoms with van der Waals surface area (Å²) in [6.45, 7) is 8.85. The molecule has 0 N–H and O–H groups in total. The second-order valence-corrected chi connectivity index (χ2v) is 8.73. The zero-order chi connectivity index (χ0) is 19.8. The van der Waals surface area contributed by atoms with E-state index in [1.165, 1.54) is 16.0 Å². The quantitative estimate of drug-likeness (QED) is 0.679. The molecule has 1 aliphatic rings. The van der Waals surface area contributed by atoms with E-state index < -0.39 is 0 Å². The van der Waals surface area contributed by atoms with E-state index in [9.17, 15) is 9.59 Å². The van der Waals surface area contributed by atoms with Gasteiger partial charge in [0.25, 0.3) is 5.91 Å². The number of rotatable bonds is 3. The maximum absolute atomic E-state index is 13.3. The monoisotopic (exact) mass is 395 g/mol. The molecule has 1 fully saturated rings. The normalized spacial score (nSPS) is 14.7. The number of fused-ring (bicyclic) bond motifs is 1. The van der Waals surface area contributed by atoms with Crippen molar-refractivity contribution in [3.8, 4) is 0 Å². The highest BCUT2D eigenvalue weighted by Gasteiger charge is 2.26. The van der Waals surface area contributed by atoms with Crippen molar-refractivity contribution < 1.29 is 9.59 Å². The van der Waals surface area contributed by atoms with E-state index in [-0.39, 0.29) is 11.8 Å². The third kappa shape index (κ3) is 3.44. The number of thiophene rings is 1. The third-order valence-corrected chi connectivity index (χ3v) is 6.52. The Bertz CT molecular complexity index is 1040. The summed E-state index contributed by atoms with van der Waals surface area (Å²) in [6.07, 6.45) is 0. The summed E-state index contributed by atoms with van der Waals surface area (Å²) in [6, 6.07) is 12.5. The van der Waals surface area contributed by atoms with Gasteiger partial charge in [0, 0.05) is 44.5 Å². The van der Waals surface area contributed by atoms with Crippen molar-refractivity contribution >= 4 is 33.4 Å². The minimum absolute atomic E-state index is 0.0536. The first-order valence-electron chi connectivity index (χ1n) is 9.63. The first-order valence-corrected chi connectivity index (χ1v) is 10.4. The van der Waals surface area contributed by atoms with Crippen molar-refractivity contribution in [2.75, 3.05) is 26.2 Å². The molecule has 0 aliphatic carbocycles. The molecule has 0 radical (unpaired) electrons. The number of amides is 2. The molecule has 28 heavy (non-hydrogen) atoms. The van der Waals surface area contributed by atoms with Gasteiger partial charge in [-0.2, -0.15) is 0 Å². The fourth-order valence-corrected chi connectivity index (χ4v) is 4.82. The van der Waals surface area contributed by atoms with E-state index in [0.29, 0.717) is 32.7 Å². The summed E-state index contributed by atoms with van der Waals surface area (Å²) in [5, 5.41) is 0. The van der Waals surface area contributed by atoms with Gasteiger partial charge in [0.1, 0.15) is 5.69 Å². The lowest BCUT2D eigenvalue weighted by molar-refractivity contribution is -0.130. The Hall–Kier alpha value is -2.60. The Labute approximate surface area is 169 Å². The van der Waals surface area contributed by atoms with Crippen molar-refractivity contribution in [1.82, 2.24) is 14.4 Å². The van der Waals surface area contributed by atoms with Crippen LogP contribution in [0, 0.1) is 13.8 Å². The van der Waals surface area contributed by atoms with Crippen molar-refractivity contribution in [1.29, 1.82) is 0 Å². The average molecular weight is 396 g/mol. The lowest BCUT2D eigenvalue weighted by atomic mass is 10.1. The van der Waals surface area contributed by atoms with Crippen LogP contribution < -0.4 is 0 Å². The van der Waals surface area contributed by atoms with Crippen LogP contribution >= 0.6 is 11.3 Å². The number of hydrogen-bond acceptors (Lipinski definition) is 3. The molecule has 0 unspecified atom stereocenters. The molecule has 1 saturated heterocycles. The number of carbonyl (C=O) groups is 2. The lowest BCUT2D eigenvalue weighted by Gasteiger charge is -2.34. The molecule has 4 rings (SSSR count). The van der Waals surface area contributed by atoms with Crippen LogP contribution in [0.5, 0.6) is 0 Å². The highest BCUT2D eigenvalue weighted by molar-refractivity contribution is 7.19. The van der Waals surface area contributed by atoms with Crippen molar-refractivity contribution in [3.63, 3.8) is 0 Å². The molecule has 1 aliphatic heterocycles. The van der Waals surface area contributed by atoms with E-state index in [1.54, 1.807) is 23.2 Å². The third-order valence-electron chi connectivity index (χ3n) is 5.53. The van der Waals surface area contributed by atoms with Crippen LogP contribution in [-0.4, -0.2) is 52.4 Å². The van der Waals surface area contributed by atoms with E-state index in [1.807, 2.05) is 23.1 Å². The number of carbonyl (C=O) groups excluding carboxylic acids is 2. The van der Waals surface area contributed by atoms with E-state index >= 15 is 0 Å². The molecule has 2 amide bonds. The molecule has 2 aromatic heterocycles. The molecule has 0 bridgehead atoms. The average Bonchev–Trinajstić information content (AvgIpc) is 3.20.